The van der Waals surface area contributed by atoms with Gasteiger partial charge in [0.05, 0.1) is 12.8 Å². The Bertz CT molecular complexity index is 702. The number of hydrogen-bond donors (Lipinski definition) is 1. The average Bonchev–Trinajstić information content (AvgIpc) is 2.87. The first-order valence-electron chi connectivity index (χ1n) is 7.38. The Hall–Kier alpha value is -2.30. The fraction of sp³-hybridized carbons (Fsp3) is 0.412. The Morgan fingerprint density at radius 1 is 1.41 bits per heavy atom. The van der Waals surface area contributed by atoms with E-state index in [1.165, 1.54) is 0 Å². The fourth-order valence-electron chi connectivity index (χ4n) is 2.70. The van der Waals surface area contributed by atoms with Crippen molar-refractivity contribution < 1.29 is 14.6 Å². The van der Waals surface area contributed by atoms with Crippen LogP contribution in [0.4, 0.5) is 0 Å². The fourth-order valence-corrected chi connectivity index (χ4v) is 2.70. The van der Waals surface area contributed by atoms with Crippen molar-refractivity contribution in [2.24, 2.45) is 7.05 Å². The molecule has 0 radical (unpaired) electrons. The van der Waals surface area contributed by atoms with Crippen LogP contribution >= 0.6 is 0 Å². The Morgan fingerprint density at radius 2 is 2.09 bits per heavy atom. The number of carboxylic acids is 1. The Kier molecular flexibility index (Phi) is 4.54. The van der Waals surface area contributed by atoms with Gasteiger partial charge in [-0.3, -0.25) is 4.68 Å². The number of methoxy groups -OCH3 is 1. The summed E-state index contributed by atoms with van der Waals surface area (Å²) in [5.41, 5.74) is 3.94. The lowest BCUT2D eigenvalue weighted by atomic mass is 9.91. The van der Waals surface area contributed by atoms with Crippen LogP contribution in [0.1, 0.15) is 48.3 Å². The van der Waals surface area contributed by atoms with Crippen LogP contribution in [0.15, 0.2) is 18.2 Å². The van der Waals surface area contributed by atoms with E-state index in [0.717, 1.165) is 34.6 Å². The van der Waals surface area contributed by atoms with Gasteiger partial charge >= 0.3 is 5.97 Å². The maximum absolute atomic E-state index is 11.2. The second-order valence-corrected chi connectivity index (χ2v) is 5.57. The summed E-state index contributed by atoms with van der Waals surface area (Å²) in [6, 6.07) is 5.77. The third kappa shape index (κ3) is 2.71. The Morgan fingerprint density at radius 3 is 2.55 bits per heavy atom. The third-order valence-electron chi connectivity index (χ3n) is 3.83. The van der Waals surface area contributed by atoms with E-state index in [4.69, 9.17) is 9.84 Å². The maximum Gasteiger partial charge on any atom is 0.356 e. The molecule has 0 saturated carbocycles. The minimum absolute atomic E-state index is 0.0381. The summed E-state index contributed by atoms with van der Waals surface area (Å²) in [5, 5.41) is 13.2. The predicted octanol–water partition coefficient (Wildman–Crippen LogP) is 3.48. The molecule has 2 aromatic rings. The van der Waals surface area contributed by atoms with E-state index in [2.05, 4.69) is 38.0 Å². The minimum Gasteiger partial charge on any atom is -0.496 e. The molecular formula is C17H22N2O3. The van der Waals surface area contributed by atoms with Crippen LogP contribution in [0.25, 0.3) is 11.3 Å². The molecule has 0 atom stereocenters. The van der Waals surface area contributed by atoms with Gasteiger partial charge in [-0.15, -0.1) is 0 Å². The molecule has 0 saturated heterocycles. The van der Waals surface area contributed by atoms with Gasteiger partial charge in [0.25, 0.3) is 0 Å². The number of carbonyl (C=O) groups is 1. The first kappa shape index (κ1) is 16.1. The lowest BCUT2D eigenvalue weighted by Crippen LogP contribution is -2.03. The van der Waals surface area contributed by atoms with E-state index in [0.29, 0.717) is 0 Å². The number of aromatic carboxylic acids is 1. The van der Waals surface area contributed by atoms with Gasteiger partial charge in [0.1, 0.15) is 5.75 Å². The maximum atomic E-state index is 11.2. The zero-order chi connectivity index (χ0) is 16.4. The van der Waals surface area contributed by atoms with Gasteiger partial charge < -0.3 is 9.84 Å². The van der Waals surface area contributed by atoms with Gasteiger partial charge in [0.15, 0.2) is 5.69 Å². The molecular weight excluding hydrogens is 280 g/mol. The van der Waals surface area contributed by atoms with Crippen LogP contribution < -0.4 is 4.74 Å². The molecule has 1 aromatic heterocycles. The third-order valence-corrected chi connectivity index (χ3v) is 3.83. The van der Waals surface area contributed by atoms with Gasteiger partial charge in [-0.1, -0.05) is 32.9 Å². The molecule has 0 fully saturated rings. The summed E-state index contributed by atoms with van der Waals surface area (Å²) in [7, 11) is 3.40. The van der Waals surface area contributed by atoms with Crippen LogP contribution in [0.3, 0.4) is 0 Å². The highest BCUT2D eigenvalue weighted by molar-refractivity contribution is 5.88. The van der Waals surface area contributed by atoms with E-state index >= 15 is 0 Å². The molecule has 1 aromatic carbocycles. The van der Waals surface area contributed by atoms with Crippen molar-refractivity contribution in [3.8, 4) is 17.0 Å². The van der Waals surface area contributed by atoms with Crippen molar-refractivity contribution in [1.82, 2.24) is 9.78 Å². The molecule has 0 unspecified atom stereocenters. The summed E-state index contributed by atoms with van der Waals surface area (Å²) in [6.07, 6.45) is 0.845. The number of rotatable bonds is 5. The molecule has 1 heterocycles. The molecule has 1 N–H and O–H groups in total. The zero-order valence-electron chi connectivity index (χ0n) is 13.7. The molecule has 5 heteroatoms. The molecule has 0 bridgehead atoms. The van der Waals surface area contributed by atoms with Gasteiger partial charge in [-0.25, -0.2) is 4.79 Å². The summed E-state index contributed by atoms with van der Waals surface area (Å²) in [4.78, 5) is 11.2. The van der Waals surface area contributed by atoms with Crippen LogP contribution in [0.5, 0.6) is 5.75 Å². The first-order valence-corrected chi connectivity index (χ1v) is 7.38. The number of benzene rings is 1. The number of hydrogen-bond acceptors (Lipinski definition) is 3. The number of nitrogens with zero attached hydrogens (tertiary/aromatic N) is 2. The highest BCUT2D eigenvalue weighted by Crippen LogP contribution is 2.39. The molecule has 0 aliphatic rings. The minimum atomic E-state index is -1.03. The predicted molar refractivity (Wildman–Crippen MR) is 85.6 cm³/mol. The monoisotopic (exact) mass is 302 g/mol. The van der Waals surface area contributed by atoms with Crippen molar-refractivity contribution in [3.63, 3.8) is 0 Å². The van der Waals surface area contributed by atoms with Gasteiger partial charge in [0.2, 0.25) is 0 Å². The largest absolute Gasteiger partial charge is 0.496 e. The van der Waals surface area contributed by atoms with E-state index in [9.17, 15) is 4.79 Å². The van der Waals surface area contributed by atoms with Gasteiger partial charge in [0, 0.05) is 12.6 Å². The quantitative estimate of drug-likeness (QED) is 0.918. The SMILES string of the molecule is CCc1ccc(C(C)C)c(-c2cc(C(=O)O)nn2C)c1OC. The Balaban J connectivity index is 2.79. The summed E-state index contributed by atoms with van der Waals surface area (Å²) >= 11 is 0. The smallest absolute Gasteiger partial charge is 0.356 e. The second-order valence-electron chi connectivity index (χ2n) is 5.57. The van der Waals surface area contributed by atoms with E-state index in [-0.39, 0.29) is 11.6 Å². The van der Waals surface area contributed by atoms with E-state index < -0.39 is 5.97 Å². The number of aromatic nitrogens is 2. The molecule has 0 aliphatic carbocycles. The van der Waals surface area contributed by atoms with Gasteiger partial charge in [-0.2, -0.15) is 5.10 Å². The highest BCUT2D eigenvalue weighted by Gasteiger charge is 2.22. The average molecular weight is 302 g/mol. The van der Waals surface area contributed by atoms with Crippen molar-refractivity contribution in [3.05, 3.63) is 35.0 Å². The van der Waals surface area contributed by atoms with Crippen LogP contribution in [0.2, 0.25) is 0 Å². The summed E-state index contributed by atoms with van der Waals surface area (Å²) in [6.45, 7) is 6.29. The van der Waals surface area contributed by atoms with E-state index in [1.807, 2.05) is 0 Å². The lowest BCUT2D eigenvalue weighted by Gasteiger charge is -2.19. The van der Waals surface area contributed by atoms with Crippen molar-refractivity contribution in [2.45, 2.75) is 33.1 Å². The summed E-state index contributed by atoms with van der Waals surface area (Å²) in [5.74, 6) is 0.0604. The molecule has 22 heavy (non-hydrogen) atoms. The first-order chi connectivity index (χ1) is 10.4. The second kappa shape index (κ2) is 6.22. The summed E-state index contributed by atoms with van der Waals surface area (Å²) < 4.78 is 7.25. The zero-order valence-corrected chi connectivity index (χ0v) is 13.7. The van der Waals surface area contributed by atoms with Crippen molar-refractivity contribution >= 4 is 5.97 Å². The van der Waals surface area contributed by atoms with Gasteiger partial charge in [-0.05, 0) is 29.5 Å². The standard InChI is InChI=1S/C17H22N2O3/c1-6-11-7-8-12(10(2)3)15(16(11)22-5)14-9-13(17(20)21)18-19(14)4/h7-10H,6H2,1-5H3,(H,20,21). The molecule has 0 aliphatic heterocycles. The number of carboxylic acid groups (broad SMARTS) is 1. The Labute approximate surface area is 130 Å². The van der Waals surface area contributed by atoms with Crippen LogP contribution in [0, 0.1) is 0 Å². The molecule has 2 rings (SSSR count). The highest BCUT2D eigenvalue weighted by atomic mass is 16.5. The van der Waals surface area contributed by atoms with Crippen molar-refractivity contribution in [1.29, 1.82) is 0 Å². The van der Waals surface area contributed by atoms with Crippen molar-refractivity contribution in [2.75, 3.05) is 7.11 Å². The molecule has 118 valence electrons. The molecule has 0 amide bonds. The number of ether oxygens (including phenoxy) is 1. The normalized spacial score (nSPS) is 11.0. The molecule has 5 nitrogen and oxygen atoms in total. The topological polar surface area (TPSA) is 64.3 Å². The van der Waals surface area contributed by atoms with E-state index in [1.54, 1.807) is 24.9 Å². The van der Waals surface area contributed by atoms with Crippen LogP contribution in [-0.4, -0.2) is 28.0 Å². The lowest BCUT2D eigenvalue weighted by molar-refractivity contribution is 0.0689. The molecule has 0 spiro atoms. The number of aryl methyl sites for hydroxylation is 2. The van der Waals surface area contributed by atoms with Crippen LogP contribution in [-0.2, 0) is 13.5 Å².